The summed E-state index contributed by atoms with van der Waals surface area (Å²) in [5.41, 5.74) is 12.7. The molecule has 0 aliphatic carbocycles. The third-order valence-corrected chi connectivity index (χ3v) is 10.3. The normalized spacial score (nSPS) is 11.7. The van der Waals surface area contributed by atoms with E-state index in [-0.39, 0.29) is 0 Å². The standard InChI is InChI=1S/C49H32O/c1-31-23-25-39-43(27-31)46(32-13-4-2-5-14-32)40-26-24-35(29-44(40)47(39)33-15-6-3-7-16-33)34-18-12-19-36(28-34)42-30-37-17-8-9-20-38(37)48-41-21-10-11-22-45(41)50-49(42)48/h2-30H,1H3. The van der Waals surface area contributed by atoms with Crippen LogP contribution in [0, 0.1) is 6.92 Å². The van der Waals surface area contributed by atoms with Crippen LogP contribution in [0.2, 0.25) is 0 Å². The lowest BCUT2D eigenvalue weighted by atomic mass is 9.84. The molecule has 234 valence electrons. The molecule has 0 aliphatic heterocycles. The van der Waals surface area contributed by atoms with E-state index in [4.69, 9.17) is 4.42 Å². The average Bonchev–Trinajstić information content (AvgIpc) is 3.57. The molecule has 0 fully saturated rings. The van der Waals surface area contributed by atoms with E-state index in [1.54, 1.807) is 0 Å². The van der Waals surface area contributed by atoms with Crippen molar-refractivity contribution in [2.45, 2.75) is 6.92 Å². The Labute approximate surface area is 290 Å². The smallest absolute Gasteiger partial charge is 0.143 e. The average molecular weight is 637 g/mol. The number of fused-ring (bicyclic) bond motifs is 7. The minimum absolute atomic E-state index is 0.913. The number of hydrogen-bond acceptors (Lipinski definition) is 1. The number of rotatable bonds is 4. The number of aryl methyl sites for hydroxylation is 1. The lowest BCUT2D eigenvalue weighted by Crippen LogP contribution is -1.92. The molecule has 0 spiro atoms. The van der Waals surface area contributed by atoms with Crippen LogP contribution >= 0.6 is 0 Å². The molecule has 0 bridgehead atoms. The van der Waals surface area contributed by atoms with Crippen LogP contribution in [0.15, 0.2) is 180 Å². The van der Waals surface area contributed by atoms with Crippen molar-refractivity contribution < 1.29 is 4.42 Å². The van der Waals surface area contributed by atoms with Crippen LogP contribution in [0.5, 0.6) is 0 Å². The van der Waals surface area contributed by atoms with Gasteiger partial charge in [0, 0.05) is 16.3 Å². The molecule has 1 heteroatoms. The first-order chi connectivity index (χ1) is 24.7. The second-order valence-electron chi connectivity index (χ2n) is 13.3. The zero-order valence-electron chi connectivity index (χ0n) is 27.7. The molecule has 0 atom stereocenters. The summed E-state index contributed by atoms with van der Waals surface area (Å²) in [6, 6.07) is 63.9. The molecule has 1 aromatic heterocycles. The van der Waals surface area contributed by atoms with Gasteiger partial charge in [0.15, 0.2) is 0 Å². The summed E-state index contributed by atoms with van der Waals surface area (Å²) in [5.74, 6) is 0. The van der Waals surface area contributed by atoms with Gasteiger partial charge in [-0.25, -0.2) is 0 Å². The van der Waals surface area contributed by atoms with Crippen LogP contribution in [-0.2, 0) is 0 Å². The Morgan fingerprint density at radius 3 is 1.70 bits per heavy atom. The number of furan rings is 1. The Balaban J connectivity index is 1.24. The van der Waals surface area contributed by atoms with Gasteiger partial charge in [0.1, 0.15) is 11.2 Å². The second kappa shape index (κ2) is 11.3. The molecule has 0 aliphatic rings. The molecule has 0 radical (unpaired) electrons. The first kappa shape index (κ1) is 28.6. The minimum atomic E-state index is 0.913. The minimum Gasteiger partial charge on any atom is -0.455 e. The van der Waals surface area contributed by atoms with Gasteiger partial charge < -0.3 is 4.42 Å². The molecular formula is C49H32O. The van der Waals surface area contributed by atoms with E-state index in [2.05, 4.69) is 177 Å². The first-order valence-corrected chi connectivity index (χ1v) is 17.3. The van der Waals surface area contributed by atoms with Crippen molar-refractivity contribution in [2.24, 2.45) is 0 Å². The summed E-state index contributed by atoms with van der Waals surface area (Å²) in [6.07, 6.45) is 0. The molecule has 1 nitrogen and oxygen atoms in total. The molecule has 50 heavy (non-hydrogen) atoms. The molecule has 10 rings (SSSR count). The Bertz CT molecular complexity index is 2910. The lowest BCUT2D eigenvalue weighted by molar-refractivity contribution is 0.670. The van der Waals surface area contributed by atoms with E-state index in [1.165, 1.54) is 76.6 Å². The molecule has 0 saturated heterocycles. The second-order valence-corrected chi connectivity index (χ2v) is 13.3. The predicted octanol–water partition coefficient (Wildman–Crippen LogP) is 14.0. The highest BCUT2D eigenvalue weighted by Crippen LogP contribution is 2.46. The van der Waals surface area contributed by atoms with E-state index < -0.39 is 0 Å². The maximum absolute atomic E-state index is 6.62. The van der Waals surface area contributed by atoms with E-state index in [0.29, 0.717) is 0 Å². The van der Waals surface area contributed by atoms with Crippen molar-refractivity contribution in [3.05, 3.63) is 181 Å². The number of benzene rings is 9. The molecule has 10 aromatic rings. The summed E-state index contributed by atoms with van der Waals surface area (Å²) >= 11 is 0. The SMILES string of the molecule is Cc1ccc2c(-c3ccccc3)c3cc(-c4cccc(-c5cc6ccccc6c6c5oc5ccccc56)c4)ccc3c(-c3ccccc3)c2c1. The Hall–Kier alpha value is -6.44. The molecule has 1 heterocycles. The van der Waals surface area contributed by atoms with E-state index in [9.17, 15) is 0 Å². The van der Waals surface area contributed by atoms with E-state index in [1.807, 2.05) is 6.07 Å². The van der Waals surface area contributed by atoms with Crippen LogP contribution in [-0.4, -0.2) is 0 Å². The van der Waals surface area contributed by atoms with Crippen LogP contribution < -0.4 is 0 Å². The van der Waals surface area contributed by atoms with Gasteiger partial charge in [0.05, 0.1) is 0 Å². The van der Waals surface area contributed by atoms with Gasteiger partial charge in [-0.05, 0) is 102 Å². The molecule has 0 saturated carbocycles. The number of para-hydroxylation sites is 1. The van der Waals surface area contributed by atoms with E-state index in [0.717, 1.165) is 27.7 Å². The van der Waals surface area contributed by atoms with Crippen molar-refractivity contribution in [1.29, 1.82) is 0 Å². The fraction of sp³-hybridized carbons (Fsp3) is 0.0204. The zero-order chi connectivity index (χ0) is 33.2. The first-order valence-electron chi connectivity index (χ1n) is 17.3. The van der Waals surface area contributed by atoms with E-state index >= 15 is 0 Å². The highest BCUT2D eigenvalue weighted by Gasteiger charge is 2.19. The summed E-state index contributed by atoms with van der Waals surface area (Å²) in [7, 11) is 0. The fourth-order valence-electron chi connectivity index (χ4n) is 8.01. The Kier molecular flexibility index (Phi) is 6.47. The van der Waals surface area contributed by atoms with Crippen molar-refractivity contribution in [2.75, 3.05) is 0 Å². The van der Waals surface area contributed by atoms with Gasteiger partial charge in [0.25, 0.3) is 0 Å². The largest absolute Gasteiger partial charge is 0.455 e. The maximum atomic E-state index is 6.62. The molecule has 0 amide bonds. The predicted molar refractivity (Wildman–Crippen MR) is 213 cm³/mol. The molecule has 9 aromatic carbocycles. The summed E-state index contributed by atoms with van der Waals surface area (Å²) < 4.78 is 6.62. The summed E-state index contributed by atoms with van der Waals surface area (Å²) in [5, 5.41) is 9.80. The fourth-order valence-corrected chi connectivity index (χ4v) is 8.01. The van der Waals surface area contributed by atoms with Gasteiger partial charge in [-0.15, -0.1) is 0 Å². The van der Waals surface area contributed by atoms with Gasteiger partial charge in [-0.3, -0.25) is 0 Å². The third-order valence-electron chi connectivity index (χ3n) is 10.3. The quantitative estimate of drug-likeness (QED) is 0.175. The van der Waals surface area contributed by atoms with Gasteiger partial charge in [-0.2, -0.15) is 0 Å². The highest BCUT2D eigenvalue weighted by molar-refractivity contribution is 6.23. The summed E-state index contributed by atoms with van der Waals surface area (Å²) in [6.45, 7) is 2.19. The van der Waals surface area contributed by atoms with Crippen LogP contribution in [0.1, 0.15) is 5.56 Å². The Morgan fingerprint density at radius 2 is 0.940 bits per heavy atom. The van der Waals surface area contributed by atoms with Crippen molar-refractivity contribution in [3.8, 4) is 44.5 Å². The maximum Gasteiger partial charge on any atom is 0.143 e. The van der Waals surface area contributed by atoms with Gasteiger partial charge in [-0.1, -0.05) is 157 Å². The molecule has 0 N–H and O–H groups in total. The number of hydrogen-bond donors (Lipinski definition) is 0. The van der Waals surface area contributed by atoms with Crippen molar-refractivity contribution in [3.63, 3.8) is 0 Å². The molecular weight excluding hydrogens is 605 g/mol. The van der Waals surface area contributed by atoms with Crippen molar-refractivity contribution in [1.82, 2.24) is 0 Å². The van der Waals surface area contributed by atoms with Gasteiger partial charge in [0.2, 0.25) is 0 Å². The van der Waals surface area contributed by atoms with Crippen molar-refractivity contribution >= 4 is 54.3 Å². The van der Waals surface area contributed by atoms with Crippen LogP contribution in [0.4, 0.5) is 0 Å². The summed E-state index contributed by atoms with van der Waals surface area (Å²) in [4.78, 5) is 0. The monoisotopic (exact) mass is 636 g/mol. The third kappa shape index (κ3) is 4.48. The molecule has 0 unspecified atom stereocenters. The lowest BCUT2D eigenvalue weighted by Gasteiger charge is -2.19. The highest BCUT2D eigenvalue weighted by atomic mass is 16.3. The van der Waals surface area contributed by atoms with Crippen LogP contribution in [0.25, 0.3) is 98.8 Å². The zero-order valence-corrected chi connectivity index (χ0v) is 27.7. The van der Waals surface area contributed by atoms with Crippen LogP contribution in [0.3, 0.4) is 0 Å². The topological polar surface area (TPSA) is 13.1 Å². The van der Waals surface area contributed by atoms with Gasteiger partial charge >= 0.3 is 0 Å². The Morgan fingerprint density at radius 1 is 0.360 bits per heavy atom.